The second kappa shape index (κ2) is 6.72. The van der Waals surface area contributed by atoms with Gasteiger partial charge in [0, 0.05) is 10.2 Å². The minimum Gasteiger partial charge on any atom is -0.376 e. The van der Waals surface area contributed by atoms with E-state index in [9.17, 15) is 9.18 Å². The number of hydrogen-bond donors (Lipinski definition) is 2. The van der Waals surface area contributed by atoms with Crippen molar-refractivity contribution in [2.24, 2.45) is 0 Å². The molecule has 0 saturated carbocycles. The van der Waals surface area contributed by atoms with E-state index in [1.165, 1.54) is 12.1 Å². The van der Waals surface area contributed by atoms with Gasteiger partial charge >= 0.3 is 0 Å². The third-order valence-corrected chi connectivity index (χ3v) is 3.69. The quantitative estimate of drug-likeness (QED) is 0.864. The van der Waals surface area contributed by atoms with Crippen LogP contribution in [0.15, 0.2) is 40.9 Å². The molecule has 110 valence electrons. The molecule has 5 heteroatoms. The molecule has 0 unspecified atom stereocenters. The molecule has 0 atom stereocenters. The van der Waals surface area contributed by atoms with Crippen LogP contribution >= 0.6 is 15.9 Å². The first-order chi connectivity index (χ1) is 9.95. The van der Waals surface area contributed by atoms with Gasteiger partial charge in [0.05, 0.1) is 12.2 Å². The van der Waals surface area contributed by atoms with Crippen molar-refractivity contribution in [3.05, 3.63) is 57.8 Å². The normalized spacial score (nSPS) is 10.3. The summed E-state index contributed by atoms with van der Waals surface area (Å²) in [7, 11) is 0. The van der Waals surface area contributed by atoms with E-state index in [0.717, 1.165) is 15.6 Å². The average Bonchev–Trinajstić information content (AvgIpc) is 2.43. The standard InChI is InChI=1S/C16H16BrFN2O/c1-10-3-6-14(13(17)7-10)20-16(21)9-19-15-8-12(18)5-4-11(15)2/h3-8,19H,9H2,1-2H3,(H,20,21). The van der Waals surface area contributed by atoms with Crippen molar-refractivity contribution < 1.29 is 9.18 Å². The van der Waals surface area contributed by atoms with Crippen LogP contribution in [0.1, 0.15) is 11.1 Å². The molecule has 0 aromatic heterocycles. The van der Waals surface area contributed by atoms with E-state index in [-0.39, 0.29) is 18.3 Å². The summed E-state index contributed by atoms with van der Waals surface area (Å²) in [6.07, 6.45) is 0. The lowest BCUT2D eigenvalue weighted by molar-refractivity contribution is -0.114. The highest BCUT2D eigenvalue weighted by atomic mass is 79.9. The summed E-state index contributed by atoms with van der Waals surface area (Å²) in [5.41, 5.74) is 3.32. The Labute approximate surface area is 131 Å². The van der Waals surface area contributed by atoms with Gasteiger partial charge in [0.2, 0.25) is 5.91 Å². The van der Waals surface area contributed by atoms with Gasteiger partial charge in [0.15, 0.2) is 0 Å². The zero-order chi connectivity index (χ0) is 15.4. The van der Waals surface area contributed by atoms with Crippen molar-refractivity contribution in [3.8, 4) is 0 Å². The number of carbonyl (C=O) groups excluding carboxylic acids is 1. The van der Waals surface area contributed by atoms with E-state index >= 15 is 0 Å². The van der Waals surface area contributed by atoms with E-state index in [1.54, 1.807) is 6.07 Å². The Bertz CT molecular complexity index is 673. The van der Waals surface area contributed by atoms with E-state index in [1.807, 2.05) is 32.0 Å². The van der Waals surface area contributed by atoms with Gasteiger partial charge in [-0.25, -0.2) is 4.39 Å². The topological polar surface area (TPSA) is 41.1 Å². The summed E-state index contributed by atoms with van der Waals surface area (Å²) in [5.74, 6) is -0.520. The largest absolute Gasteiger partial charge is 0.376 e. The maximum atomic E-state index is 13.2. The fourth-order valence-corrected chi connectivity index (χ4v) is 2.47. The molecule has 0 radical (unpaired) electrons. The minimum atomic E-state index is -0.329. The predicted molar refractivity (Wildman–Crippen MR) is 87.1 cm³/mol. The summed E-state index contributed by atoms with van der Waals surface area (Å²) in [6.45, 7) is 3.91. The first kappa shape index (κ1) is 15.5. The Morgan fingerprint density at radius 1 is 1.14 bits per heavy atom. The molecular formula is C16H16BrFN2O. The van der Waals surface area contributed by atoms with Crippen LogP contribution in [0, 0.1) is 19.7 Å². The summed E-state index contributed by atoms with van der Waals surface area (Å²) in [6, 6.07) is 10.1. The van der Waals surface area contributed by atoms with Crippen molar-refractivity contribution in [3.63, 3.8) is 0 Å². The number of aryl methyl sites for hydroxylation is 2. The summed E-state index contributed by atoms with van der Waals surface area (Å²) in [4.78, 5) is 11.9. The Hall–Kier alpha value is -1.88. The lowest BCUT2D eigenvalue weighted by atomic mass is 10.2. The monoisotopic (exact) mass is 350 g/mol. The molecule has 0 aliphatic carbocycles. The molecule has 0 bridgehead atoms. The van der Waals surface area contributed by atoms with Crippen LogP contribution in [0.2, 0.25) is 0 Å². The summed E-state index contributed by atoms with van der Waals surface area (Å²) < 4.78 is 14.0. The second-order valence-corrected chi connectivity index (χ2v) is 5.70. The molecule has 0 heterocycles. The third kappa shape index (κ3) is 4.29. The van der Waals surface area contributed by atoms with Gasteiger partial charge in [0.1, 0.15) is 5.82 Å². The molecule has 0 fully saturated rings. The van der Waals surface area contributed by atoms with Gasteiger partial charge in [-0.1, -0.05) is 12.1 Å². The lowest BCUT2D eigenvalue weighted by Crippen LogP contribution is -2.22. The fourth-order valence-electron chi connectivity index (χ4n) is 1.88. The summed E-state index contributed by atoms with van der Waals surface area (Å²) >= 11 is 3.41. The molecule has 0 saturated heterocycles. The van der Waals surface area contributed by atoms with Gasteiger partial charge < -0.3 is 10.6 Å². The number of hydrogen-bond acceptors (Lipinski definition) is 2. The Morgan fingerprint density at radius 3 is 2.62 bits per heavy atom. The van der Waals surface area contributed by atoms with Crippen LogP contribution in [-0.4, -0.2) is 12.5 Å². The van der Waals surface area contributed by atoms with Gasteiger partial charge in [-0.05, 0) is 65.2 Å². The van der Waals surface area contributed by atoms with Gasteiger partial charge in [-0.2, -0.15) is 0 Å². The Morgan fingerprint density at radius 2 is 1.90 bits per heavy atom. The highest BCUT2D eigenvalue weighted by molar-refractivity contribution is 9.10. The maximum absolute atomic E-state index is 13.2. The fraction of sp³-hybridized carbons (Fsp3) is 0.188. The third-order valence-electron chi connectivity index (χ3n) is 3.04. The maximum Gasteiger partial charge on any atom is 0.243 e. The molecule has 0 aliphatic rings. The highest BCUT2D eigenvalue weighted by Crippen LogP contribution is 2.23. The van der Waals surface area contributed by atoms with Crippen LogP contribution in [-0.2, 0) is 4.79 Å². The molecule has 0 spiro atoms. The predicted octanol–water partition coefficient (Wildman–Crippen LogP) is 4.26. The number of rotatable bonds is 4. The lowest BCUT2D eigenvalue weighted by Gasteiger charge is -2.11. The van der Waals surface area contributed by atoms with E-state index in [0.29, 0.717) is 11.4 Å². The Kier molecular flexibility index (Phi) is 4.96. The van der Waals surface area contributed by atoms with E-state index in [2.05, 4.69) is 26.6 Å². The molecule has 2 N–H and O–H groups in total. The van der Waals surface area contributed by atoms with Gasteiger partial charge in [-0.3, -0.25) is 4.79 Å². The molecule has 2 rings (SSSR count). The molecule has 1 amide bonds. The first-order valence-electron chi connectivity index (χ1n) is 6.52. The zero-order valence-electron chi connectivity index (χ0n) is 11.8. The number of carbonyl (C=O) groups is 1. The zero-order valence-corrected chi connectivity index (χ0v) is 13.4. The second-order valence-electron chi connectivity index (χ2n) is 4.84. The number of nitrogens with one attached hydrogen (secondary N) is 2. The van der Waals surface area contributed by atoms with Crippen molar-refractivity contribution in [2.45, 2.75) is 13.8 Å². The molecule has 0 aliphatic heterocycles. The van der Waals surface area contributed by atoms with Crippen LogP contribution in [0.4, 0.5) is 15.8 Å². The van der Waals surface area contributed by atoms with Crippen LogP contribution < -0.4 is 10.6 Å². The van der Waals surface area contributed by atoms with Crippen LogP contribution in [0.5, 0.6) is 0 Å². The average molecular weight is 351 g/mol. The Balaban J connectivity index is 1.97. The number of benzene rings is 2. The van der Waals surface area contributed by atoms with Crippen molar-refractivity contribution in [1.29, 1.82) is 0 Å². The van der Waals surface area contributed by atoms with Crippen LogP contribution in [0.25, 0.3) is 0 Å². The molecular weight excluding hydrogens is 335 g/mol. The van der Waals surface area contributed by atoms with Crippen molar-refractivity contribution >= 4 is 33.2 Å². The summed E-state index contributed by atoms with van der Waals surface area (Å²) in [5, 5.41) is 5.74. The van der Waals surface area contributed by atoms with Crippen LogP contribution in [0.3, 0.4) is 0 Å². The van der Waals surface area contributed by atoms with Gasteiger partial charge in [-0.15, -0.1) is 0 Å². The number of anilines is 2. The number of amides is 1. The van der Waals surface area contributed by atoms with Gasteiger partial charge in [0.25, 0.3) is 0 Å². The molecule has 2 aromatic carbocycles. The number of halogens is 2. The smallest absolute Gasteiger partial charge is 0.243 e. The first-order valence-corrected chi connectivity index (χ1v) is 7.31. The van der Waals surface area contributed by atoms with E-state index < -0.39 is 0 Å². The molecule has 2 aromatic rings. The van der Waals surface area contributed by atoms with Crippen molar-refractivity contribution in [1.82, 2.24) is 0 Å². The highest BCUT2D eigenvalue weighted by Gasteiger charge is 2.07. The SMILES string of the molecule is Cc1ccc(NC(=O)CNc2cc(F)ccc2C)c(Br)c1. The molecule has 21 heavy (non-hydrogen) atoms. The van der Waals surface area contributed by atoms with E-state index in [4.69, 9.17) is 0 Å². The minimum absolute atomic E-state index is 0.0740. The van der Waals surface area contributed by atoms with Crippen molar-refractivity contribution in [2.75, 3.05) is 17.2 Å². The molecule has 3 nitrogen and oxygen atoms in total.